The van der Waals surface area contributed by atoms with Gasteiger partial charge in [0.1, 0.15) is 5.75 Å². The molecule has 2 N–H and O–H groups in total. The molecule has 0 heterocycles. The zero-order chi connectivity index (χ0) is 13.5. The van der Waals surface area contributed by atoms with Gasteiger partial charge in [0.2, 0.25) is 0 Å². The fourth-order valence-electron chi connectivity index (χ4n) is 1.48. The number of ether oxygens (including phenoxy) is 1. The summed E-state index contributed by atoms with van der Waals surface area (Å²) in [5, 5.41) is 5.85. The van der Waals surface area contributed by atoms with Crippen LogP contribution in [-0.4, -0.2) is 25.6 Å². The molecule has 0 radical (unpaired) electrons. The van der Waals surface area contributed by atoms with E-state index in [4.69, 9.17) is 4.74 Å². The number of halogens is 1. The average molecular weight is 315 g/mol. The van der Waals surface area contributed by atoms with E-state index in [0.29, 0.717) is 5.75 Å². The number of hydrogen-bond acceptors (Lipinski definition) is 3. The van der Waals surface area contributed by atoms with Gasteiger partial charge in [-0.25, -0.2) is 0 Å². The van der Waals surface area contributed by atoms with Crippen LogP contribution in [0.25, 0.3) is 0 Å². The zero-order valence-electron chi connectivity index (χ0n) is 10.9. The summed E-state index contributed by atoms with van der Waals surface area (Å²) in [6.07, 6.45) is 0. The maximum absolute atomic E-state index is 11.4. The number of hydrogen-bond donors (Lipinski definition) is 2. The maximum atomic E-state index is 11.4. The van der Waals surface area contributed by atoms with Crippen molar-refractivity contribution in [3.63, 3.8) is 0 Å². The third-order valence-electron chi connectivity index (χ3n) is 2.19. The predicted molar refractivity (Wildman–Crippen MR) is 75.7 cm³/mol. The highest BCUT2D eigenvalue weighted by molar-refractivity contribution is 9.10. The molecule has 18 heavy (non-hydrogen) atoms. The van der Waals surface area contributed by atoms with Gasteiger partial charge in [0.05, 0.1) is 4.47 Å². The van der Waals surface area contributed by atoms with Gasteiger partial charge in [0.25, 0.3) is 5.91 Å². The molecule has 0 aliphatic carbocycles. The van der Waals surface area contributed by atoms with Crippen molar-refractivity contribution in [1.82, 2.24) is 10.6 Å². The summed E-state index contributed by atoms with van der Waals surface area (Å²) in [7, 11) is 1.90. The molecule has 0 aliphatic heterocycles. The molecular formula is C13H19BrN2O2. The molecule has 5 heteroatoms. The topological polar surface area (TPSA) is 50.4 Å². The second kappa shape index (κ2) is 7.38. The van der Waals surface area contributed by atoms with E-state index in [9.17, 15) is 4.79 Å². The van der Waals surface area contributed by atoms with Crippen LogP contribution in [0.2, 0.25) is 0 Å². The highest BCUT2D eigenvalue weighted by atomic mass is 79.9. The van der Waals surface area contributed by atoms with Gasteiger partial charge in [-0.2, -0.15) is 0 Å². The van der Waals surface area contributed by atoms with Crippen molar-refractivity contribution in [1.29, 1.82) is 0 Å². The third-order valence-corrected chi connectivity index (χ3v) is 2.81. The summed E-state index contributed by atoms with van der Waals surface area (Å²) >= 11 is 3.43. The number of nitrogens with one attached hydrogen (secondary N) is 2. The molecule has 0 atom stereocenters. The molecule has 0 aliphatic rings. The molecule has 0 aromatic heterocycles. The Morgan fingerprint density at radius 3 is 2.72 bits per heavy atom. The summed E-state index contributed by atoms with van der Waals surface area (Å²) in [5.41, 5.74) is 1.16. The van der Waals surface area contributed by atoms with E-state index in [-0.39, 0.29) is 18.6 Å². The predicted octanol–water partition coefficient (Wildman–Crippen LogP) is 2.07. The molecule has 4 nitrogen and oxygen atoms in total. The lowest BCUT2D eigenvalue weighted by Crippen LogP contribution is -2.34. The van der Waals surface area contributed by atoms with Gasteiger partial charge in [-0.1, -0.05) is 6.07 Å². The van der Waals surface area contributed by atoms with Crippen molar-refractivity contribution in [2.75, 3.05) is 13.7 Å². The van der Waals surface area contributed by atoms with E-state index in [1.54, 1.807) is 0 Å². The second-order valence-corrected chi connectivity index (χ2v) is 5.16. The first-order chi connectivity index (χ1) is 8.52. The van der Waals surface area contributed by atoms with E-state index in [0.717, 1.165) is 16.6 Å². The van der Waals surface area contributed by atoms with Crippen LogP contribution < -0.4 is 15.4 Å². The largest absolute Gasteiger partial charge is 0.483 e. The zero-order valence-corrected chi connectivity index (χ0v) is 12.5. The molecule has 1 aromatic carbocycles. The van der Waals surface area contributed by atoms with Gasteiger partial charge < -0.3 is 15.4 Å². The fourth-order valence-corrected chi connectivity index (χ4v) is 2.02. The van der Waals surface area contributed by atoms with E-state index < -0.39 is 0 Å². The molecule has 0 saturated heterocycles. The van der Waals surface area contributed by atoms with Crippen LogP contribution in [0.15, 0.2) is 22.7 Å². The van der Waals surface area contributed by atoms with Gasteiger partial charge in [-0.3, -0.25) is 4.79 Å². The minimum atomic E-state index is -0.115. The first kappa shape index (κ1) is 15.0. The number of carbonyl (C=O) groups excluding carboxylic acids is 1. The molecule has 1 aromatic rings. The summed E-state index contributed by atoms with van der Waals surface area (Å²) in [4.78, 5) is 11.4. The Labute approximate surface area is 116 Å². The normalized spacial score (nSPS) is 10.5. The molecule has 0 fully saturated rings. The average Bonchev–Trinajstić information content (AvgIpc) is 2.27. The van der Waals surface area contributed by atoms with Crippen LogP contribution in [0.4, 0.5) is 0 Å². The molecule has 0 spiro atoms. The minimum Gasteiger partial charge on any atom is -0.483 e. The fraction of sp³-hybridized carbons (Fsp3) is 0.462. The highest BCUT2D eigenvalue weighted by Crippen LogP contribution is 2.25. The first-order valence-electron chi connectivity index (χ1n) is 5.88. The third kappa shape index (κ3) is 5.06. The van der Waals surface area contributed by atoms with Gasteiger partial charge in [0.15, 0.2) is 6.61 Å². The SMILES string of the molecule is CNCc1ccc(OCC(=O)NC(C)C)c(Br)c1. The number of rotatable bonds is 6. The number of benzene rings is 1. The van der Waals surface area contributed by atoms with Crippen molar-refractivity contribution in [3.05, 3.63) is 28.2 Å². The highest BCUT2D eigenvalue weighted by Gasteiger charge is 2.07. The molecule has 1 amide bonds. The lowest BCUT2D eigenvalue weighted by Gasteiger charge is -2.11. The van der Waals surface area contributed by atoms with E-state index in [1.165, 1.54) is 0 Å². The number of amides is 1. The molecule has 1 rings (SSSR count). The Balaban J connectivity index is 2.55. The van der Waals surface area contributed by atoms with Gasteiger partial charge in [-0.15, -0.1) is 0 Å². The smallest absolute Gasteiger partial charge is 0.258 e. The summed E-state index contributed by atoms with van der Waals surface area (Å²) in [5.74, 6) is 0.560. The Morgan fingerprint density at radius 1 is 1.44 bits per heavy atom. The standard InChI is InChI=1S/C13H19BrN2O2/c1-9(2)16-13(17)8-18-12-5-4-10(7-15-3)6-11(12)14/h4-6,9,15H,7-8H2,1-3H3,(H,16,17). The Morgan fingerprint density at radius 2 is 2.17 bits per heavy atom. The van der Waals surface area contributed by atoms with Crippen LogP contribution in [0.5, 0.6) is 5.75 Å². The van der Waals surface area contributed by atoms with E-state index in [1.807, 2.05) is 39.1 Å². The van der Waals surface area contributed by atoms with E-state index >= 15 is 0 Å². The molecular weight excluding hydrogens is 296 g/mol. The summed E-state index contributed by atoms with van der Waals surface area (Å²) in [6, 6.07) is 5.94. The Hall–Kier alpha value is -1.07. The lowest BCUT2D eigenvalue weighted by atomic mass is 10.2. The molecule has 0 unspecified atom stereocenters. The first-order valence-corrected chi connectivity index (χ1v) is 6.67. The van der Waals surface area contributed by atoms with Crippen LogP contribution >= 0.6 is 15.9 Å². The van der Waals surface area contributed by atoms with Crippen molar-refractivity contribution in [2.45, 2.75) is 26.4 Å². The van der Waals surface area contributed by atoms with Crippen LogP contribution in [0.1, 0.15) is 19.4 Å². The van der Waals surface area contributed by atoms with E-state index in [2.05, 4.69) is 26.6 Å². The summed E-state index contributed by atoms with van der Waals surface area (Å²) in [6.45, 7) is 4.66. The Bertz CT molecular complexity index is 408. The quantitative estimate of drug-likeness (QED) is 0.845. The van der Waals surface area contributed by atoms with Gasteiger partial charge >= 0.3 is 0 Å². The molecule has 0 bridgehead atoms. The Kier molecular flexibility index (Phi) is 6.15. The van der Waals surface area contributed by atoms with Crippen molar-refractivity contribution >= 4 is 21.8 Å². The number of carbonyl (C=O) groups is 1. The molecule has 100 valence electrons. The van der Waals surface area contributed by atoms with Crippen molar-refractivity contribution in [3.8, 4) is 5.75 Å². The van der Waals surface area contributed by atoms with Crippen molar-refractivity contribution in [2.24, 2.45) is 0 Å². The molecule has 0 saturated carbocycles. The minimum absolute atomic E-state index is 0.0299. The second-order valence-electron chi connectivity index (χ2n) is 4.31. The maximum Gasteiger partial charge on any atom is 0.258 e. The van der Waals surface area contributed by atoms with Crippen LogP contribution in [0.3, 0.4) is 0 Å². The van der Waals surface area contributed by atoms with Gasteiger partial charge in [-0.05, 0) is 54.5 Å². The van der Waals surface area contributed by atoms with Crippen LogP contribution in [-0.2, 0) is 11.3 Å². The van der Waals surface area contributed by atoms with Crippen molar-refractivity contribution < 1.29 is 9.53 Å². The van der Waals surface area contributed by atoms with Gasteiger partial charge in [0, 0.05) is 12.6 Å². The summed E-state index contributed by atoms with van der Waals surface area (Å²) < 4.78 is 6.31. The lowest BCUT2D eigenvalue weighted by molar-refractivity contribution is -0.123. The monoisotopic (exact) mass is 314 g/mol. The van der Waals surface area contributed by atoms with Crippen LogP contribution in [0, 0.1) is 0 Å².